The summed E-state index contributed by atoms with van der Waals surface area (Å²) in [5.74, 6) is 0.553. The predicted molar refractivity (Wildman–Crippen MR) is 79.2 cm³/mol. The number of anilines is 1. The van der Waals surface area contributed by atoms with E-state index in [1.54, 1.807) is 13.2 Å². The van der Waals surface area contributed by atoms with E-state index in [2.05, 4.69) is 27.3 Å². The minimum atomic E-state index is -0.277. The lowest BCUT2D eigenvalue weighted by Gasteiger charge is -2.11. The van der Waals surface area contributed by atoms with Crippen molar-refractivity contribution < 1.29 is 9.13 Å². The van der Waals surface area contributed by atoms with Crippen molar-refractivity contribution in [1.82, 2.24) is 0 Å². The third-order valence-electron chi connectivity index (χ3n) is 2.84. The zero-order valence-corrected chi connectivity index (χ0v) is 12.4. The molecule has 0 aliphatic rings. The van der Waals surface area contributed by atoms with Gasteiger partial charge >= 0.3 is 0 Å². The first-order valence-electron chi connectivity index (χ1n) is 5.92. The molecule has 2 rings (SSSR count). The van der Waals surface area contributed by atoms with E-state index in [0.717, 1.165) is 17.0 Å². The summed E-state index contributed by atoms with van der Waals surface area (Å²) >= 11 is 3.13. The summed E-state index contributed by atoms with van der Waals surface area (Å²) in [7, 11) is 1.65. The molecule has 0 saturated carbocycles. The average Bonchev–Trinajstić information content (AvgIpc) is 2.40. The Bertz CT molecular complexity index is 586. The molecule has 0 unspecified atom stereocenters. The van der Waals surface area contributed by atoms with Gasteiger partial charge in [-0.25, -0.2) is 4.39 Å². The van der Waals surface area contributed by atoms with Gasteiger partial charge in [0.15, 0.2) is 0 Å². The van der Waals surface area contributed by atoms with Gasteiger partial charge in [0.25, 0.3) is 0 Å². The zero-order chi connectivity index (χ0) is 13.8. The van der Waals surface area contributed by atoms with E-state index >= 15 is 0 Å². The van der Waals surface area contributed by atoms with Crippen molar-refractivity contribution in [2.24, 2.45) is 0 Å². The molecule has 0 amide bonds. The zero-order valence-electron chi connectivity index (χ0n) is 10.8. The summed E-state index contributed by atoms with van der Waals surface area (Å²) in [6, 6.07) is 11.0. The Morgan fingerprint density at radius 1 is 1.21 bits per heavy atom. The minimum absolute atomic E-state index is 0.277. The first-order chi connectivity index (χ1) is 9.10. The first-order valence-corrected chi connectivity index (χ1v) is 6.72. The molecule has 0 heterocycles. The fourth-order valence-electron chi connectivity index (χ4n) is 1.85. The summed E-state index contributed by atoms with van der Waals surface area (Å²) in [6.45, 7) is 2.62. The van der Waals surface area contributed by atoms with Crippen molar-refractivity contribution in [3.8, 4) is 5.75 Å². The highest BCUT2D eigenvalue weighted by molar-refractivity contribution is 9.10. The molecule has 19 heavy (non-hydrogen) atoms. The second-order valence-electron chi connectivity index (χ2n) is 4.30. The number of ether oxygens (including phenoxy) is 1. The van der Waals surface area contributed by atoms with E-state index in [1.165, 1.54) is 11.6 Å². The molecule has 2 nitrogen and oxygen atoms in total. The van der Waals surface area contributed by atoms with Gasteiger partial charge in [0.2, 0.25) is 0 Å². The smallest absolute Gasteiger partial charge is 0.139 e. The van der Waals surface area contributed by atoms with E-state index in [1.807, 2.05) is 25.1 Å². The molecule has 100 valence electrons. The molecule has 0 aliphatic carbocycles. The summed E-state index contributed by atoms with van der Waals surface area (Å²) in [5, 5.41) is 3.19. The molecule has 0 aromatic heterocycles. The lowest BCUT2D eigenvalue weighted by atomic mass is 10.1. The number of nitrogens with one attached hydrogen (secondary N) is 1. The Kier molecular flexibility index (Phi) is 4.43. The van der Waals surface area contributed by atoms with E-state index < -0.39 is 0 Å². The Hall–Kier alpha value is -1.55. The van der Waals surface area contributed by atoms with Gasteiger partial charge in [-0.05, 0) is 47.1 Å². The van der Waals surface area contributed by atoms with Crippen molar-refractivity contribution >= 4 is 21.6 Å². The van der Waals surface area contributed by atoms with Gasteiger partial charge in [-0.15, -0.1) is 0 Å². The monoisotopic (exact) mass is 323 g/mol. The van der Waals surface area contributed by atoms with Gasteiger partial charge in [-0.1, -0.05) is 17.7 Å². The summed E-state index contributed by atoms with van der Waals surface area (Å²) < 4.78 is 19.2. The number of hydrogen-bond acceptors (Lipinski definition) is 2. The van der Waals surface area contributed by atoms with Crippen LogP contribution in [-0.4, -0.2) is 7.11 Å². The Morgan fingerprint density at radius 2 is 2.00 bits per heavy atom. The highest BCUT2D eigenvalue weighted by Gasteiger charge is 2.04. The van der Waals surface area contributed by atoms with Gasteiger partial charge in [-0.3, -0.25) is 0 Å². The van der Waals surface area contributed by atoms with Crippen LogP contribution < -0.4 is 10.1 Å². The molecule has 1 N–H and O–H groups in total. The van der Waals surface area contributed by atoms with E-state index in [9.17, 15) is 4.39 Å². The molecule has 0 radical (unpaired) electrons. The van der Waals surface area contributed by atoms with E-state index in [0.29, 0.717) is 11.0 Å². The van der Waals surface area contributed by atoms with E-state index in [4.69, 9.17) is 4.74 Å². The van der Waals surface area contributed by atoms with Crippen LogP contribution in [0.2, 0.25) is 0 Å². The van der Waals surface area contributed by atoms with Crippen LogP contribution in [0.3, 0.4) is 0 Å². The molecule has 0 saturated heterocycles. The quantitative estimate of drug-likeness (QED) is 0.893. The van der Waals surface area contributed by atoms with Gasteiger partial charge in [-0.2, -0.15) is 0 Å². The predicted octanol–water partition coefficient (Wildman–Crippen LogP) is 4.52. The van der Waals surface area contributed by atoms with Crippen LogP contribution in [0, 0.1) is 12.7 Å². The second-order valence-corrected chi connectivity index (χ2v) is 5.15. The van der Waals surface area contributed by atoms with E-state index in [-0.39, 0.29) is 5.82 Å². The molecule has 4 heteroatoms. The van der Waals surface area contributed by atoms with Gasteiger partial charge in [0.05, 0.1) is 11.6 Å². The van der Waals surface area contributed by atoms with Crippen LogP contribution in [0.25, 0.3) is 0 Å². The molecule has 0 spiro atoms. The summed E-state index contributed by atoms with van der Waals surface area (Å²) in [4.78, 5) is 0. The molecule has 0 atom stereocenters. The molecule has 0 fully saturated rings. The van der Waals surface area contributed by atoms with Crippen LogP contribution in [0.5, 0.6) is 5.75 Å². The Morgan fingerprint density at radius 3 is 2.68 bits per heavy atom. The van der Waals surface area contributed by atoms with Gasteiger partial charge in [0.1, 0.15) is 11.6 Å². The fraction of sp³-hybridized carbons (Fsp3) is 0.200. The number of hydrogen-bond donors (Lipinski definition) is 1. The summed E-state index contributed by atoms with van der Waals surface area (Å²) in [6.07, 6.45) is 0. The van der Waals surface area contributed by atoms with Crippen molar-refractivity contribution in [1.29, 1.82) is 0 Å². The lowest BCUT2D eigenvalue weighted by molar-refractivity contribution is 0.410. The maximum Gasteiger partial charge on any atom is 0.139 e. The van der Waals surface area contributed by atoms with Crippen LogP contribution in [-0.2, 0) is 6.54 Å². The third kappa shape index (κ3) is 3.47. The standard InChI is InChI=1S/C15H15BrFNO/c1-10-3-6-15(19-2)11(7-10)9-18-12-4-5-13(16)14(17)8-12/h3-8,18H,9H2,1-2H3. The second kappa shape index (κ2) is 6.06. The largest absolute Gasteiger partial charge is 0.496 e. The molecule has 2 aromatic carbocycles. The van der Waals surface area contributed by atoms with Crippen LogP contribution in [0.4, 0.5) is 10.1 Å². The number of halogens is 2. The maximum absolute atomic E-state index is 13.4. The lowest BCUT2D eigenvalue weighted by Crippen LogP contribution is -2.02. The topological polar surface area (TPSA) is 21.3 Å². The molecule has 0 bridgehead atoms. The van der Waals surface area contributed by atoms with Gasteiger partial charge < -0.3 is 10.1 Å². The van der Waals surface area contributed by atoms with Crippen molar-refractivity contribution in [3.05, 3.63) is 57.8 Å². The van der Waals surface area contributed by atoms with Crippen LogP contribution in [0.15, 0.2) is 40.9 Å². The fourth-order valence-corrected chi connectivity index (χ4v) is 2.10. The molecular weight excluding hydrogens is 309 g/mol. The highest BCUT2D eigenvalue weighted by atomic mass is 79.9. The Labute approximate surface area is 120 Å². The normalized spacial score (nSPS) is 10.3. The van der Waals surface area contributed by atoms with Crippen LogP contribution in [0.1, 0.15) is 11.1 Å². The Balaban J connectivity index is 2.13. The summed E-state index contributed by atoms with van der Waals surface area (Å²) in [5.41, 5.74) is 2.95. The number of benzene rings is 2. The number of rotatable bonds is 4. The molecular formula is C15H15BrFNO. The van der Waals surface area contributed by atoms with Gasteiger partial charge in [0, 0.05) is 17.8 Å². The first kappa shape index (κ1) is 13.9. The molecule has 2 aromatic rings. The van der Waals surface area contributed by atoms with Crippen molar-refractivity contribution in [3.63, 3.8) is 0 Å². The molecule has 0 aliphatic heterocycles. The highest BCUT2D eigenvalue weighted by Crippen LogP contribution is 2.23. The SMILES string of the molecule is COc1ccc(C)cc1CNc1ccc(Br)c(F)c1. The van der Waals surface area contributed by atoms with Crippen molar-refractivity contribution in [2.75, 3.05) is 12.4 Å². The van der Waals surface area contributed by atoms with Crippen LogP contribution >= 0.6 is 15.9 Å². The average molecular weight is 324 g/mol. The third-order valence-corrected chi connectivity index (χ3v) is 3.48. The number of aryl methyl sites for hydroxylation is 1. The minimum Gasteiger partial charge on any atom is -0.496 e. The maximum atomic E-state index is 13.4. The van der Waals surface area contributed by atoms with Crippen molar-refractivity contribution in [2.45, 2.75) is 13.5 Å². The number of methoxy groups -OCH3 is 1.